The van der Waals surface area contributed by atoms with Gasteiger partial charge in [0.15, 0.2) is 0 Å². The Morgan fingerprint density at radius 2 is 2.05 bits per heavy atom. The predicted octanol–water partition coefficient (Wildman–Crippen LogP) is 2.88. The minimum atomic E-state index is 0.0959. The van der Waals surface area contributed by atoms with Crippen LogP contribution in [-0.2, 0) is 6.54 Å². The summed E-state index contributed by atoms with van der Waals surface area (Å²) in [7, 11) is 1.60. The average Bonchev–Trinajstić information content (AvgIpc) is 2.46. The first-order valence-corrected chi connectivity index (χ1v) is 6.54. The van der Waals surface area contributed by atoms with E-state index < -0.39 is 0 Å². The SMILES string of the molecule is COc1cccc(NCc2cccnc2OC(C)C)n1. The summed E-state index contributed by atoms with van der Waals surface area (Å²) in [4.78, 5) is 8.56. The van der Waals surface area contributed by atoms with Crippen LogP contribution in [-0.4, -0.2) is 23.2 Å². The van der Waals surface area contributed by atoms with Gasteiger partial charge in [-0.1, -0.05) is 12.1 Å². The minimum Gasteiger partial charge on any atom is -0.481 e. The van der Waals surface area contributed by atoms with Crippen molar-refractivity contribution in [1.29, 1.82) is 0 Å². The first-order chi connectivity index (χ1) is 9.69. The molecule has 5 heteroatoms. The molecule has 0 aliphatic carbocycles. The molecule has 0 saturated carbocycles. The summed E-state index contributed by atoms with van der Waals surface area (Å²) in [6.07, 6.45) is 1.82. The fourth-order valence-corrected chi connectivity index (χ4v) is 1.70. The van der Waals surface area contributed by atoms with Crippen LogP contribution in [0.1, 0.15) is 19.4 Å². The number of aromatic nitrogens is 2. The Morgan fingerprint density at radius 1 is 1.20 bits per heavy atom. The molecule has 0 aliphatic rings. The predicted molar refractivity (Wildman–Crippen MR) is 78.1 cm³/mol. The second kappa shape index (κ2) is 6.75. The molecule has 1 N–H and O–H groups in total. The topological polar surface area (TPSA) is 56.3 Å². The quantitative estimate of drug-likeness (QED) is 0.877. The van der Waals surface area contributed by atoms with E-state index in [0.717, 1.165) is 11.4 Å². The summed E-state index contributed by atoms with van der Waals surface area (Å²) in [6.45, 7) is 4.56. The lowest BCUT2D eigenvalue weighted by Crippen LogP contribution is -2.11. The molecule has 5 nitrogen and oxygen atoms in total. The fourth-order valence-electron chi connectivity index (χ4n) is 1.70. The second-order valence-corrected chi connectivity index (χ2v) is 4.55. The number of pyridine rings is 2. The van der Waals surface area contributed by atoms with Gasteiger partial charge < -0.3 is 14.8 Å². The molecule has 0 aromatic carbocycles. The molecule has 0 fully saturated rings. The molecule has 0 atom stereocenters. The van der Waals surface area contributed by atoms with Crippen molar-refractivity contribution in [2.75, 3.05) is 12.4 Å². The Hall–Kier alpha value is -2.30. The van der Waals surface area contributed by atoms with E-state index in [4.69, 9.17) is 9.47 Å². The van der Waals surface area contributed by atoms with Gasteiger partial charge in [0, 0.05) is 24.4 Å². The normalized spacial score (nSPS) is 10.4. The number of nitrogens with zero attached hydrogens (tertiary/aromatic N) is 2. The maximum Gasteiger partial charge on any atom is 0.218 e. The van der Waals surface area contributed by atoms with Crippen molar-refractivity contribution < 1.29 is 9.47 Å². The van der Waals surface area contributed by atoms with E-state index in [1.165, 1.54) is 0 Å². The molecule has 0 spiro atoms. The number of hydrogen-bond acceptors (Lipinski definition) is 5. The lowest BCUT2D eigenvalue weighted by molar-refractivity contribution is 0.230. The highest BCUT2D eigenvalue weighted by Crippen LogP contribution is 2.18. The summed E-state index contributed by atoms with van der Waals surface area (Å²) in [5.41, 5.74) is 0.991. The molecule has 2 rings (SSSR count). The largest absolute Gasteiger partial charge is 0.481 e. The lowest BCUT2D eigenvalue weighted by atomic mass is 10.2. The second-order valence-electron chi connectivity index (χ2n) is 4.55. The maximum atomic E-state index is 5.68. The number of nitrogens with one attached hydrogen (secondary N) is 1. The maximum absolute atomic E-state index is 5.68. The Morgan fingerprint density at radius 3 is 2.80 bits per heavy atom. The summed E-state index contributed by atoms with van der Waals surface area (Å²) in [6, 6.07) is 9.47. The standard InChI is InChI=1S/C15H19N3O2/c1-11(2)20-15-12(6-5-9-16-15)10-17-13-7-4-8-14(18-13)19-3/h4-9,11H,10H2,1-3H3,(H,17,18). The highest BCUT2D eigenvalue weighted by atomic mass is 16.5. The van der Waals surface area contributed by atoms with Gasteiger partial charge in [0.2, 0.25) is 11.8 Å². The van der Waals surface area contributed by atoms with Crippen LogP contribution in [0, 0.1) is 0 Å². The van der Waals surface area contributed by atoms with Crippen LogP contribution in [0.2, 0.25) is 0 Å². The van der Waals surface area contributed by atoms with Gasteiger partial charge in [0.1, 0.15) is 5.82 Å². The van der Waals surface area contributed by atoms with Crippen molar-refractivity contribution in [1.82, 2.24) is 9.97 Å². The third kappa shape index (κ3) is 3.85. The first-order valence-electron chi connectivity index (χ1n) is 6.54. The molecule has 0 amide bonds. The molecule has 0 radical (unpaired) electrons. The summed E-state index contributed by atoms with van der Waals surface area (Å²) >= 11 is 0. The third-order valence-electron chi connectivity index (χ3n) is 2.59. The van der Waals surface area contributed by atoms with Gasteiger partial charge in [-0.3, -0.25) is 0 Å². The van der Waals surface area contributed by atoms with Crippen LogP contribution >= 0.6 is 0 Å². The average molecular weight is 273 g/mol. The van der Waals surface area contributed by atoms with Gasteiger partial charge in [-0.2, -0.15) is 4.98 Å². The van der Waals surface area contributed by atoms with E-state index in [0.29, 0.717) is 18.3 Å². The zero-order chi connectivity index (χ0) is 14.4. The van der Waals surface area contributed by atoms with E-state index in [-0.39, 0.29) is 6.10 Å². The fraction of sp³-hybridized carbons (Fsp3) is 0.333. The van der Waals surface area contributed by atoms with E-state index >= 15 is 0 Å². The van der Waals surface area contributed by atoms with Crippen LogP contribution in [0.3, 0.4) is 0 Å². The van der Waals surface area contributed by atoms with Crippen molar-refractivity contribution in [2.24, 2.45) is 0 Å². The number of anilines is 1. The first kappa shape index (κ1) is 14.1. The Kier molecular flexibility index (Phi) is 4.76. The molecular formula is C15H19N3O2. The van der Waals surface area contributed by atoms with Crippen LogP contribution in [0.15, 0.2) is 36.5 Å². The Balaban J connectivity index is 2.06. The zero-order valence-corrected chi connectivity index (χ0v) is 12.0. The van der Waals surface area contributed by atoms with Gasteiger partial charge in [0.25, 0.3) is 0 Å². The number of hydrogen-bond donors (Lipinski definition) is 1. The van der Waals surface area contributed by atoms with Crippen LogP contribution < -0.4 is 14.8 Å². The third-order valence-corrected chi connectivity index (χ3v) is 2.59. The molecule has 2 heterocycles. The highest BCUT2D eigenvalue weighted by molar-refractivity contribution is 5.39. The van der Waals surface area contributed by atoms with E-state index in [1.807, 2.05) is 44.2 Å². The highest BCUT2D eigenvalue weighted by Gasteiger charge is 2.07. The summed E-state index contributed by atoms with van der Waals surface area (Å²) in [5.74, 6) is 1.99. The van der Waals surface area contributed by atoms with Crippen LogP contribution in [0.4, 0.5) is 5.82 Å². The Labute approximate surface area is 119 Å². The minimum absolute atomic E-state index is 0.0959. The number of ether oxygens (including phenoxy) is 2. The number of methoxy groups -OCH3 is 1. The van der Waals surface area contributed by atoms with Crippen molar-refractivity contribution in [3.8, 4) is 11.8 Å². The Bertz CT molecular complexity index is 558. The van der Waals surface area contributed by atoms with E-state index in [1.54, 1.807) is 13.3 Å². The molecule has 2 aromatic rings. The van der Waals surface area contributed by atoms with E-state index in [2.05, 4.69) is 15.3 Å². The molecule has 20 heavy (non-hydrogen) atoms. The van der Waals surface area contributed by atoms with Crippen molar-refractivity contribution in [3.05, 3.63) is 42.1 Å². The molecule has 0 saturated heterocycles. The molecule has 0 aliphatic heterocycles. The smallest absolute Gasteiger partial charge is 0.218 e. The molecule has 0 bridgehead atoms. The summed E-state index contributed by atoms with van der Waals surface area (Å²) < 4.78 is 10.8. The van der Waals surface area contributed by atoms with E-state index in [9.17, 15) is 0 Å². The zero-order valence-electron chi connectivity index (χ0n) is 12.0. The molecule has 106 valence electrons. The van der Waals surface area contributed by atoms with Gasteiger partial charge in [0.05, 0.1) is 13.2 Å². The molecule has 2 aromatic heterocycles. The van der Waals surface area contributed by atoms with Crippen LogP contribution in [0.25, 0.3) is 0 Å². The van der Waals surface area contributed by atoms with Gasteiger partial charge >= 0.3 is 0 Å². The monoisotopic (exact) mass is 273 g/mol. The van der Waals surface area contributed by atoms with Crippen molar-refractivity contribution in [3.63, 3.8) is 0 Å². The number of rotatable bonds is 6. The van der Waals surface area contributed by atoms with Gasteiger partial charge in [-0.05, 0) is 26.0 Å². The van der Waals surface area contributed by atoms with Crippen LogP contribution in [0.5, 0.6) is 11.8 Å². The van der Waals surface area contributed by atoms with Gasteiger partial charge in [-0.25, -0.2) is 4.98 Å². The van der Waals surface area contributed by atoms with Crippen molar-refractivity contribution in [2.45, 2.75) is 26.5 Å². The van der Waals surface area contributed by atoms with Gasteiger partial charge in [-0.15, -0.1) is 0 Å². The molecule has 0 unspecified atom stereocenters. The molecular weight excluding hydrogens is 254 g/mol. The lowest BCUT2D eigenvalue weighted by Gasteiger charge is -2.13. The summed E-state index contributed by atoms with van der Waals surface area (Å²) in [5, 5.41) is 3.24. The van der Waals surface area contributed by atoms with Crippen molar-refractivity contribution >= 4 is 5.82 Å².